The molecule has 88 valence electrons. The first-order valence-electron chi connectivity index (χ1n) is 5.28. The Kier molecular flexibility index (Phi) is 3.40. The lowest BCUT2D eigenvalue weighted by molar-refractivity contribution is 0.188. The Morgan fingerprint density at radius 3 is 3.19 bits per heavy atom. The van der Waals surface area contributed by atoms with Gasteiger partial charge in [0.05, 0.1) is 24.9 Å². The Labute approximate surface area is 93.3 Å². The number of rotatable bonds is 3. The van der Waals surface area contributed by atoms with Crippen molar-refractivity contribution < 1.29 is 14.1 Å². The van der Waals surface area contributed by atoms with Gasteiger partial charge in [0.15, 0.2) is 5.76 Å². The van der Waals surface area contributed by atoms with Crippen molar-refractivity contribution in [3.05, 3.63) is 17.5 Å². The van der Waals surface area contributed by atoms with Crippen molar-refractivity contribution in [3.63, 3.8) is 0 Å². The number of aryl methyl sites for hydroxylation is 1. The summed E-state index contributed by atoms with van der Waals surface area (Å²) in [4.78, 5) is 11.4. The number of nitrogens with one attached hydrogen (secondary N) is 2. The van der Waals surface area contributed by atoms with Gasteiger partial charge in [-0.05, 0) is 13.3 Å². The van der Waals surface area contributed by atoms with Crippen LogP contribution in [-0.2, 0) is 11.3 Å². The van der Waals surface area contributed by atoms with E-state index in [-0.39, 0.29) is 12.1 Å². The number of amides is 2. The molecule has 0 bridgehead atoms. The van der Waals surface area contributed by atoms with Gasteiger partial charge < -0.3 is 19.9 Å². The smallest absolute Gasteiger partial charge is 0.315 e. The summed E-state index contributed by atoms with van der Waals surface area (Å²) in [7, 11) is 0. The van der Waals surface area contributed by atoms with E-state index in [1.54, 1.807) is 6.07 Å². The van der Waals surface area contributed by atoms with Gasteiger partial charge in [-0.1, -0.05) is 5.16 Å². The van der Waals surface area contributed by atoms with Crippen molar-refractivity contribution in [3.8, 4) is 0 Å². The lowest BCUT2D eigenvalue weighted by Gasteiger charge is -2.10. The van der Waals surface area contributed by atoms with E-state index in [4.69, 9.17) is 9.26 Å². The van der Waals surface area contributed by atoms with E-state index in [1.165, 1.54) is 0 Å². The first kappa shape index (κ1) is 10.9. The molecule has 6 nitrogen and oxygen atoms in total. The lowest BCUT2D eigenvalue weighted by atomic mass is 10.3. The summed E-state index contributed by atoms with van der Waals surface area (Å²) in [6, 6.07) is 1.71. The summed E-state index contributed by atoms with van der Waals surface area (Å²) in [5.41, 5.74) is 0.807. The highest BCUT2D eigenvalue weighted by Gasteiger charge is 2.17. The van der Waals surface area contributed by atoms with E-state index in [2.05, 4.69) is 15.8 Å². The summed E-state index contributed by atoms with van der Waals surface area (Å²) in [5, 5.41) is 9.25. The van der Waals surface area contributed by atoms with E-state index < -0.39 is 0 Å². The summed E-state index contributed by atoms with van der Waals surface area (Å²) in [5.74, 6) is 0.648. The predicted octanol–water partition coefficient (Wildman–Crippen LogP) is 0.571. The van der Waals surface area contributed by atoms with Crippen LogP contribution in [0.3, 0.4) is 0 Å². The van der Waals surface area contributed by atoms with Crippen molar-refractivity contribution in [2.75, 3.05) is 13.2 Å². The molecule has 1 aliphatic heterocycles. The Morgan fingerprint density at radius 2 is 2.56 bits per heavy atom. The van der Waals surface area contributed by atoms with Gasteiger partial charge in [-0.3, -0.25) is 0 Å². The van der Waals surface area contributed by atoms with E-state index in [1.807, 2.05) is 6.92 Å². The zero-order valence-corrected chi connectivity index (χ0v) is 9.16. The van der Waals surface area contributed by atoms with Gasteiger partial charge in [-0.15, -0.1) is 0 Å². The van der Waals surface area contributed by atoms with Crippen molar-refractivity contribution in [1.29, 1.82) is 0 Å². The number of urea groups is 1. The molecule has 16 heavy (non-hydrogen) atoms. The van der Waals surface area contributed by atoms with Crippen LogP contribution in [-0.4, -0.2) is 30.4 Å². The van der Waals surface area contributed by atoms with E-state index in [0.29, 0.717) is 25.5 Å². The summed E-state index contributed by atoms with van der Waals surface area (Å²) in [6.07, 6.45) is 0.870. The molecule has 2 N–H and O–H groups in total. The highest BCUT2D eigenvalue weighted by atomic mass is 16.5. The highest BCUT2D eigenvalue weighted by Crippen LogP contribution is 2.03. The van der Waals surface area contributed by atoms with Gasteiger partial charge in [0, 0.05) is 12.7 Å². The molecule has 1 aromatic rings. The number of hydrogen-bond donors (Lipinski definition) is 2. The summed E-state index contributed by atoms with van der Waals surface area (Å²) >= 11 is 0. The minimum Gasteiger partial charge on any atom is -0.379 e. The van der Waals surface area contributed by atoms with E-state index in [0.717, 1.165) is 12.1 Å². The summed E-state index contributed by atoms with van der Waals surface area (Å²) < 4.78 is 10.1. The first-order chi connectivity index (χ1) is 7.74. The van der Waals surface area contributed by atoms with Crippen LogP contribution >= 0.6 is 0 Å². The molecule has 2 rings (SSSR count). The Balaban J connectivity index is 1.71. The maximum atomic E-state index is 11.4. The van der Waals surface area contributed by atoms with Gasteiger partial charge >= 0.3 is 6.03 Å². The summed E-state index contributed by atoms with van der Waals surface area (Å²) in [6.45, 7) is 3.49. The number of aromatic nitrogens is 1. The highest BCUT2D eigenvalue weighted by molar-refractivity contribution is 5.74. The fraction of sp³-hybridized carbons (Fsp3) is 0.600. The first-order valence-corrected chi connectivity index (χ1v) is 5.28. The van der Waals surface area contributed by atoms with Crippen LogP contribution < -0.4 is 10.6 Å². The van der Waals surface area contributed by atoms with Gasteiger partial charge in [0.1, 0.15) is 0 Å². The lowest BCUT2D eigenvalue weighted by Crippen LogP contribution is -2.41. The molecule has 0 spiro atoms. The zero-order valence-electron chi connectivity index (χ0n) is 9.16. The van der Waals surface area contributed by atoms with Gasteiger partial charge in [0.25, 0.3) is 0 Å². The maximum Gasteiger partial charge on any atom is 0.315 e. The zero-order chi connectivity index (χ0) is 11.4. The third-order valence-electron chi connectivity index (χ3n) is 2.36. The average molecular weight is 225 g/mol. The number of hydrogen-bond acceptors (Lipinski definition) is 4. The molecule has 1 fully saturated rings. The number of ether oxygens (including phenoxy) is 1. The Hall–Kier alpha value is -1.56. The second-order valence-corrected chi connectivity index (χ2v) is 3.82. The average Bonchev–Trinajstić information content (AvgIpc) is 2.87. The van der Waals surface area contributed by atoms with E-state index in [9.17, 15) is 4.79 Å². The van der Waals surface area contributed by atoms with Crippen molar-refractivity contribution in [2.24, 2.45) is 0 Å². The van der Waals surface area contributed by atoms with Gasteiger partial charge in [0.2, 0.25) is 0 Å². The van der Waals surface area contributed by atoms with Gasteiger partial charge in [-0.2, -0.15) is 0 Å². The van der Waals surface area contributed by atoms with Crippen LogP contribution in [0.4, 0.5) is 4.79 Å². The molecule has 1 atom stereocenters. The predicted molar refractivity (Wildman–Crippen MR) is 55.8 cm³/mol. The van der Waals surface area contributed by atoms with Crippen LogP contribution in [0.2, 0.25) is 0 Å². The maximum absolute atomic E-state index is 11.4. The Bertz CT molecular complexity index is 358. The number of carbonyl (C=O) groups excluding carboxylic acids is 1. The topological polar surface area (TPSA) is 76.4 Å². The molecule has 2 amide bonds. The molecule has 1 aliphatic rings. The molecule has 1 aromatic heterocycles. The largest absolute Gasteiger partial charge is 0.379 e. The molecule has 2 heterocycles. The van der Waals surface area contributed by atoms with Crippen LogP contribution in [0.5, 0.6) is 0 Å². The van der Waals surface area contributed by atoms with Crippen LogP contribution in [0, 0.1) is 6.92 Å². The molecule has 0 saturated carbocycles. The molecule has 0 radical (unpaired) electrons. The molecule has 1 unspecified atom stereocenters. The SMILES string of the molecule is Cc1cc(CNC(=O)NC2CCOC2)on1. The number of carbonyl (C=O) groups is 1. The third kappa shape index (κ3) is 2.96. The van der Waals surface area contributed by atoms with Crippen LogP contribution in [0.1, 0.15) is 17.9 Å². The quantitative estimate of drug-likeness (QED) is 0.788. The molecule has 6 heteroatoms. The van der Waals surface area contributed by atoms with Crippen molar-refractivity contribution >= 4 is 6.03 Å². The minimum absolute atomic E-state index is 0.122. The van der Waals surface area contributed by atoms with Crippen molar-refractivity contribution in [2.45, 2.75) is 25.9 Å². The molecular formula is C10H15N3O3. The fourth-order valence-electron chi connectivity index (χ4n) is 1.55. The Morgan fingerprint density at radius 1 is 1.69 bits per heavy atom. The van der Waals surface area contributed by atoms with Crippen molar-refractivity contribution in [1.82, 2.24) is 15.8 Å². The normalized spacial score (nSPS) is 19.7. The molecular weight excluding hydrogens is 210 g/mol. The standard InChI is InChI=1S/C10H15N3O3/c1-7-4-9(16-13-7)5-11-10(14)12-8-2-3-15-6-8/h4,8H,2-3,5-6H2,1H3,(H2,11,12,14). The van der Waals surface area contributed by atoms with E-state index >= 15 is 0 Å². The third-order valence-corrected chi connectivity index (χ3v) is 2.36. The fourth-order valence-corrected chi connectivity index (χ4v) is 1.55. The van der Waals surface area contributed by atoms with Crippen LogP contribution in [0.15, 0.2) is 10.6 Å². The number of nitrogens with zero attached hydrogens (tertiary/aromatic N) is 1. The van der Waals surface area contributed by atoms with Crippen LogP contribution in [0.25, 0.3) is 0 Å². The second kappa shape index (κ2) is 4.98. The molecule has 0 aliphatic carbocycles. The van der Waals surface area contributed by atoms with Gasteiger partial charge in [-0.25, -0.2) is 4.79 Å². The molecule has 1 saturated heterocycles. The monoisotopic (exact) mass is 225 g/mol. The second-order valence-electron chi connectivity index (χ2n) is 3.82. The minimum atomic E-state index is -0.204. The molecule has 0 aromatic carbocycles.